The fourth-order valence-corrected chi connectivity index (χ4v) is 3.60. The van der Waals surface area contributed by atoms with Crippen molar-refractivity contribution in [3.8, 4) is 0 Å². The second-order valence-electron chi connectivity index (χ2n) is 6.06. The van der Waals surface area contributed by atoms with E-state index in [1.807, 2.05) is 12.1 Å². The van der Waals surface area contributed by atoms with Crippen molar-refractivity contribution in [1.82, 2.24) is 20.4 Å². The molecule has 5 rings (SSSR count). The van der Waals surface area contributed by atoms with Gasteiger partial charge in [-0.15, -0.1) is 0 Å². The van der Waals surface area contributed by atoms with Crippen molar-refractivity contribution in [3.05, 3.63) is 23.9 Å². The van der Waals surface area contributed by atoms with Crippen molar-refractivity contribution in [1.29, 1.82) is 0 Å². The van der Waals surface area contributed by atoms with E-state index in [0.717, 1.165) is 17.4 Å². The lowest BCUT2D eigenvalue weighted by Gasteiger charge is -2.44. The molecule has 1 amide bonds. The number of nitrogens with two attached hydrogens (primary N) is 1. The Bertz CT molecular complexity index is 686. The summed E-state index contributed by atoms with van der Waals surface area (Å²) in [4.78, 5) is 14.9. The number of aromatic amines is 1. The molecule has 2 aromatic rings. The van der Waals surface area contributed by atoms with E-state index in [1.165, 1.54) is 25.9 Å². The molecule has 0 radical (unpaired) electrons. The average Bonchev–Trinajstić information content (AvgIpc) is 2.94. The summed E-state index contributed by atoms with van der Waals surface area (Å²) in [6.07, 6.45) is 2.36. The van der Waals surface area contributed by atoms with Crippen LogP contribution in [-0.2, 0) is 0 Å². The molecule has 1 aromatic carbocycles. The first-order valence-electron chi connectivity index (χ1n) is 7.48. The fraction of sp³-hybridized carbons (Fsp3) is 0.467. The second kappa shape index (κ2) is 4.73. The molecule has 1 aromatic heterocycles. The minimum Gasteiger partial charge on any atom is -0.397 e. The molecule has 0 spiro atoms. The lowest BCUT2D eigenvalue weighted by atomic mass is 9.84. The van der Waals surface area contributed by atoms with Crippen molar-refractivity contribution in [2.45, 2.75) is 18.9 Å². The van der Waals surface area contributed by atoms with E-state index in [4.69, 9.17) is 5.73 Å². The monoisotopic (exact) mass is 285 g/mol. The number of nitrogen functional groups attached to an aromatic ring is 1. The molecule has 3 aliphatic rings. The minimum absolute atomic E-state index is 0.106. The summed E-state index contributed by atoms with van der Waals surface area (Å²) in [7, 11) is 0. The SMILES string of the molecule is Nc1cccc2c(C(=O)N[C@@H]3CN4CCC3CC4)n[nH]c12. The quantitative estimate of drug-likeness (QED) is 0.718. The van der Waals surface area contributed by atoms with E-state index < -0.39 is 0 Å². The van der Waals surface area contributed by atoms with Crippen LogP contribution in [0.5, 0.6) is 0 Å². The highest BCUT2D eigenvalue weighted by molar-refractivity contribution is 6.07. The summed E-state index contributed by atoms with van der Waals surface area (Å²) >= 11 is 0. The highest BCUT2D eigenvalue weighted by atomic mass is 16.2. The Hall–Kier alpha value is -2.08. The summed E-state index contributed by atoms with van der Waals surface area (Å²) < 4.78 is 0. The summed E-state index contributed by atoms with van der Waals surface area (Å²) in [5.74, 6) is 0.500. The minimum atomic E-state index is -0.106. The van der Waals surface area contributed by atoms with Crippen LogP contribution in [0, 0.1) is 5.92 Å². The summed E-state index contributed by atoms with van der Waals surface area (Å²) in [5.41, 5.74) is 7.68. The fourth-order valence-electron chi connectivity index (χ4n) is 3.60. The third-order valence-electron chi connectivity index (χ3n) is 4.82. The lowest BCUT2D eigenvalue weighted by molar-refractivity contribution is 0.0618. The number of H-pyrrole nitrogens is 1. The predicted molar refractivity (Wildman–Crippen MR) is 80.9 cm³/mol. The van der Waals surface area contributed by atoms with Crippen molar-refractivity contribution < 1.29 is 4.79 Å². The van der Waals surface area contributed by atoms with E-state index >= 15 is 0 Å². The number of carbonyl (C=O) groups is 1. The molecular weight excluding hydrogens is 266 g/mol. The first-order valence-corrected chi connectivity index (χ1v) is 7.48. The summed E-state index contributed by atoms with van der Waals surface area (Å²) in [6.45, 7) is 3.29. The van der Waals surface area contributed by atoms with Crippen molar-refractivity contribution in [2.24, 2.45) is 5.92 Å². The molecule has 4 N–H and O–H groups in total. The Morgan fingerprint density at radius 3 is 2.90 bits per heavy atom. The first-order chi connectivity index (χ1) is 10.2. The van der Waals surface area contributed by atoms with E-state index in [2.05, 4.69) is 20.4 Å². The number of aromatic nitrogens is 2. The number of hydrogen-bond donors (Lipinski definition) is 3. The number of carbonyl (C=O) groups excluding carboxylic acids is 1. The zero-order valence-corrected chi connectivity index (χ0v) is 11.8. The van der Waals surface area contributed by atoms with Gasteiger partial charge in [0.2, 0.25) is 0 Å². The van der Waals surface area contributed by atoms with Gasteiger partial charge in [0.05, 0.1) is 11.2 Å². The van der Waals surface area contributed by atoms with E-state index in [0.29, 0.717) is 17.3 Å². The van der Waals surface area contributed by atoms with E-state index in [9.17, 15) is 4.79 Å². The zero-order chi connectivity index (χ0) is 14.4. The van der Waals surface area contributed by atoms with Gasteiger partial charge in [-0.25, -0.2) is 0 Å². The van der Waals surface area contributed by atoms with Crippen LogP contribution in [-0.4, -0.2) is 46.7 Å². The standard InChI is InChI=1S/C15H19N5O/c16-11-3-1-2-10-13(11)18-19-14(10)15(21)17-12-8-20-6-4-9(12)5-7-20/h1-3,9,12H,4-8,16H2,(H,17,21)(H,18,19)/t12-/m1/s1. The van der Waals surface area contributed by atoms with E-state index in [1.54, 1.807) is 6.07 Å². The predicted octanol–water partition coefficient (Wildman–Crippen LogP) is 0.969. The van der Waals surface area contributed by atoms with Crippen LogP contribution in [0.4, 0.5) is 5.69 Å². The number of rotatable bonds is 2. The molecule has 3 saturated heterocycles. The highest BCUT2D eigenvalue weighted by Crippen LogP contribution is 2.28. The van der Waals surface area contributed by atoms with Gasteiger partial charge in [0.25, 0.3) is 5.91 Å². The van der Waals surface area contributed by atoms with Gasteiger partial charge in [0, 0.05) is 18.0 Å². The zero-order valence-electron chi connectivity index (χ0n) is 11.8. The van der Waals surface area contributed by atoms with Crippen molar-refractivity contribution >= 4 is 22.5 Å². The third kappa shape index (κ3) is 2.06. The Labute approximate surface area is 122 Å². The maximum Gasteiger partial charge on any atom is 0.272 e. The molecule has 2 bridgehead atoms. The van der Waals surface area contributed by atoms with Crippen LogP contribution in [0.1, 0.15) is 23.3 Å². The second-order valence-corrected chi connectivity index (χ2v) is 6.06. The molecule has 3 fully saturated rings. The molecular formula is C15H19N5O. The Morgan fingerprint density at radius 1 is 1.38 bits per heavy atom. The summed E-state index contributed by atoms with van der Waals surface area (Å²) in [5, 5.41) is 11.0. The third-order valence-corrected chi connectivity index (χ3v) is 4.82. The van der Waals surface area contributed by atoms with Crippen LogP contribution in [0.2, 0.25) is 0 Å². The van der Waals surface area contributed by atoms with Gasteiger partial charge in [-0.1, -0.05) is 12.1 Å². The number of piperidine rings is 3. The van der Waals surface area contributed by atoms with Crippen LogP contribution in [0.25, 0.3) is 10.9 Å². The van der Waals surface area contributed by atoms with Gasteiger partial charge in [-0.2, -0.15) is 5.10 Å². The number of benzene rings is 1. The lowest BCUT2D eigenvalue weighted by Crippen LogP contribution is -2.57. The molecule has 0 unspecified atom stereocenters. The molecule has 0 aliphatic carbocycles. The largest absolute Gasteiger partial charge is 0.397 e. The maximum atomic E-state index is 12.5. The summed E-state index contributed by atoms with van der Waals surface area (Å²) in [6, 6.07) is 5.77. The highest BCUT2D eigenvalue weighted by Gasteiger charge is 2.35. The smallest absolute Gasteiger partial charge is 0.272 e. The molecule has 110 valence electrons. The van der Waals surface area contributed by atoms with Gasteiger partial charge >= 0.3 is 0 Å². The number of para-hydroxylation sites is 1. The topological polar surface area (TPSA) is 87.0 Å². The van der Waals surface area contributed by atoms with Gasteiger partial charge < -0.3 is 16.0 Å². The number of hydrogen-bond acceptors (Lipinski definition) is 4. The normalized spacial score (nSPS) is 27.9. The number of amides is 1. The Morgan fingerprint density at radius 2 is 2.19 bits per heavy atom. The van der Waals surface area contributed by atoms with Crippen LogP contribution < -0.4 is 11.1 Å². The number of nitrogens with one attached hydrogen (secondary N) is 2. The van der Waals surface area contributed by atoms with Gasteiger partial charge in [-0.05, 0) is 37.9 Å². The van der Waals surface area contributed by atoms with Gasteiger partial charge in [0.15, 0.2) is 5.69 Å². The Balaban J connectivity index is 1.58. The van der Waals surface area contributed by atoms with Crippen molar-refractivity contribution in [3.63, 3.8) is 0 Å². The molecule has 3 aliphatic heterocycles. The first kappa shape index (κ1) is 12.6. The molecule has 6 nitrogen and oxygen atoms in total. The molecule has 1 atom stereocenters. The number of fused-ring (bicyclic) bond motifs is 4. The van der Waals surface area contributed by atoms with Crippen molar-refractivity contribution in [2.75, 3.05) is 25.4 Å². The molecule has 4 heterocycles. The Kier molecular flexibility index (Phi) is 2.85. The van der Waals surface area contributed by atoms with Crippen LogP contribution in [0.15, 0.2) is 18.2 Å². The number of anilines is 1. The van der Waals surface area contributed by atoms with Gasteiger partial charge in [-0.3, -0.25) is 9.89 Å². The molecule has 21 heavy (non-hydrogen) atoms. The number of nitrogens with zero attached hydrogens (tertiary/aromatic N) is 2. The molecule has 0 saturated carbocycles. The van der Waals surface area contributed by atoms with Crippen LogP contribution in [0.3, 0.4) is 0 Å². The average molecular weight is 285 g/mol. The molecule has 6 heteroatoms. The van der Waals surface area contributed by atoms with E-state index in [-0.39, 0.29) is 11.9 Å². The van der Waals surface area contributed by atoms with Crippen LogP contribution >= 0.6 is 0 Å². The van der Waals surface area contributed by atoms with Gasteiger partial charge in [0.1, 0.15) is 0 Å². The maximum absolute atomic E-state index is 12.5.